The molecule has 0 atom stereocenters. The number of hydrogen-bond donors (Lipinski definition) is 1. The quantitative estimate of drug-likeness (QED) is 0.810. The molecule has 0 unspecified atom stereocenters. The van der Waals surface area contributed by atoms with Gasteiger partial charge < -0.3 is 5.32 Å². The predicted octanol–water partition coefficient (Wildman–Crippen LogP) is 4.30. The molecule has 1 aromatic rings. The zero-order chi connectivity index (χ0) is 13.0. The number of rotatable bonds is 5. The van der Waals surface area contributed by atoms with E-state index in [-0.39, 0.29) is 0 Å². The summed E-state index contributed by atoms with van der Waals surface area (Å²) >= 11 is 0. The maximum Gasteiger partial charge on any atom is 0.149 e. The average Bonchev–Trinajstić information content (AvgIpc) is 2.20. The van der Waals surface area contributed by atoms with Gasteiger partial charge in [-0.2, -0.15) is 0 Å². The Kier molecular flexibility index (Phi) is 4.91. The Morgan fingerprint density at radius 3 is 2.12 bits per heavy atom. The third-order valence-electron chi connectivity index (χ3n) is 3.17. The molecule has 0 aromatic heterocycles. The minimum Gasteiger partial charge on any atom is -0.382 e. The van der Waals surface area contributed by atoms with Crippen LogP contribution in [0.25, 0.3) is 0 Å². The SMILES string of the molecule is CC(C)C(CNc1ccc(F)cc1F)C(C)C. The molecule has 1 rings (SSSR count). The zero-order valence-electron chi connectivity index (χ0n) is 10.9. The van der Waals surface area contributed by atoms with Gasteiger partial charge in [0.05, 0.1) is 5.69 Å². The molecule has 0 spiro atoms. The van der Waals surface area contributed by atoms with E-state index >= 15 is 0 Å². The van der Waals surface area contributed by atoms with Gasteiger partial charge in [-0.3, -0.25) is 0 Å². The van der Waals surface area contributed by atoms with E-state index in [0.29, 0.717) is 30.0 Å². The van der Waals surface area contributed by atoms with Crippen LogP contribution in [0.15, 0.2) is 18.2 Å². The standard InChI is InChI=1S/C14H21F2N/c1-9(2)12(10(3)4)8-17-14-6-5-11(15)7-13(14)16/h5-7,9-10,12,17H,8H2,1-4H3. The first-order valence-electron chi connectivity index (χ1n) is 6.10. The van der Waals surface area contributed by atoms with Crippen molar-refractivity contribution in [2.75, 3.05) is 11.9 Å². The second kappa shape index (κ2) is 5.99. The van der Waals surface area contributed by atoms with Crippen LogP contribution in [0.3, 0.4) is 0 Å². The van der Waals surface area contributed by atoms with Gasteiger partial charge in [0, 0.05) is 12.6 Å². The lowest BCUT2D eigenvalue weighted by molar-refractivity contribution is 0.304. The van der Waals surface area contributed by atoms with E-state index in [2.05, 4.69) is 33.0 Å². The first-order chi connectivity index (χ1) is 7.91. The molecule has 96 valence electrons. The Hall–Kier alpha value is -1.12. The maximum atomic E-state index is 13.4. The normalized spacial score (nSPS) is 11.6. The summed E-state index contributed by atoms with van der Waals surface area (Å²) in [7, 11) is 0. The van der Waals surface area contributed by atoms with Gasteiger partial charge in [-0.25, -0.2) is 8.78 Å². The summed E-state index contributed by atoms with van der Waals surface area (Å²) in [5, 5.41) is 3.06. The molecule has 17 heavy (non-hydrogen) atoms. The van der Waals surface area contributed by atoms with Crippen molar-refractivity contribution in [1.82, 2.24) is 0 Å². The van der Waals surface area contributed by atoms with Crippen molar-refractivity contribution >= 4 is 5.69 Å². The number of anilines is 1. The van der Waals surface area contributed by atoms with Crippen LogP contribution in [0.1, 0.15) is 27.7 Å². The van der Waals surface area contributed by atoms with E-state index < -0.39 is 11.6 Å². The first-order valence-corrected chi connectivity index (χ1v) is 6.10. The molecule has 1 nitrogen and oxygen atoms in total. The lowest BCUT2D eigenvalue weighted by atomic mass is 9.85. The fraction of sp³-hybridized carbons (Fsp3) is 0.571. The van der Waals surface area contributed by atoms with Gasteiger partial charge in [-0.05, 0) is 29.9 Å². The molecule has 0 saturated heterocycles. The topological polar surface area (TPSA) is 12.0 Å². The molecule has 1 N–H and O–H groups in total. The third kappa shape index (κ3) is 3.99. The summed E-state index contributed by atoms with van der Waals surface area (Å²) in [6.07, 6.45) is 0. The molecule has 0 fully saturated rings. The molecule has 0 bridgehead atoms. The van der Waals surface area contributed by atoms with Gasteiger partial charge >= 0.3 is 0 Å². The van der Waals surface area contributed by atoms with Crippen molar-refractivity contribution in [2.45, 2.75) is 27.7 Å². The van der Waals surface area contributed by atoms with Crippen LogP contribution in [-0.4, -0.2) is 6.54 Å². The van der Waals surface area contributed by atoms with Gasteiger partial charge in [0.25, 0.3) is 0 Å². The van der Waals surface area contributed by atoms with E-state index in [0.717, 1.165) is 6.07 Å². The molecule has 0 aliphatic carbocycles. The predicted molar refractivity (Wildman–Crippen MR) is 68.0 cm³/mol. The fourth-order valence-electron chi connectivity index (χ4n) is 2.10. The van der Waals surface area contributed by atoms with E-state index in [1.54, 1.807) is 0 Å². The molecule has 0 aliphatic rings. The number of nitrogens with one attached hydrogen (secondary N) is 1. The van der Waals surface area contributed by atoms with E-state index in [1.807, 2.05) is 0 Å². The highest BCUT2D eigenvalue weighted by Gasteiger charge is 2.17. The second-order valence-electron chi connectivity index (χ2n) is 5.16. The maximum absolute atomic E-state index is 13.4. The smallest absolute Gasteiger partial charge is 0.149 e. The zero-order valence-corrected chi connectivity index (χ0v) is 10.9. The Morgan fingerprint density at radius 1 is 1.06 bits per heavy atom. The highest BCUT2D eigenvalue weighted by Crippen LogP contribution is 2.22. The summed E-state index contributed by atoms with van der Waals surface area (Å²) in [6.45, 7) is 9.35. The van der Waals surface area contributed by atoms with Crippen LogP contribution in [-0.2, 0) is 0 Å². The van der Waals surface area contributed by atoms with Crippen LogP contribution in [0, 0.1) is 29.4 Å². The van der Waals surface area contributed by atoms with Gasteiger partial charge in [-0.15, -0.1) is 0 Å². The molecule has 0 amide bonds. The molecule has 0 aliphatic heterocycles. The van der Waals surface area contributed by atoms with Crippen molar-refractivity contribution in [1.29, 1.82) is 0 Å². The Balaban J connectivity index is 2.65. The molecular weight excluding hydrogens is 220 g/mol. The Labute approximate surface area is 102 Å². The van der Waals surface area contributed by atoms with E-state index in [4.69, 9.17) is 0 Å². The monoisotopic (exact) mass is 241 g/mol. The van der Waals surface area contributed by atoms with Crippen molar-refractivity contribution in [3.8, 4) is 0 Å². The number of benzene rings is 1. The highest BCUT2D eigenvalue weighted by molar-refractivity contribution is 5.44. The largest absolute Gasteiger partial charge is 0.382 e. The van der Waals surface area contributed by atoms with Crippen LogP contribution in [0.4, 0.5) is 14.5 Å². The fourth-order valence-corrected chi connectivity index (χ4v) is 2.10. The molecule has 0 radical (unpaired) electrons. The Morgan fingerprint density at radius 2 is 1.65 bits per heavy atom. The van der Waals surface area contributed by atoms with Crippen molar-refractivity contribution < 1.29 is 8.78 Å². The second-order valence-corrected chi connectivity index (χ2v) is 5.16. The molecule has 0 saturated carbocycles. The highest BCUT2D eigenvalue weighted by atomic mass is 19.1. The van der Waals surface area contributed by atoms with Crippen molar-refractivity contribution in [3.63, 3.8) is 0 Å². The van der Waals surface area contributed by atoms with Gasteiger partial charge in [0.1, 0.15) is 11.6 Å². The van der Waals surface area contributed by atoms with Crippen molar-refractivity contribution in [2.24, 2.45) is 17.8 Å². The first kappa shape index (κ1) is 13.9. The third-order valence-corrected chi connectivity index (χ3v) is 3.17. The summed E-state index contributed by atoms with van der Waals surface area (Å²) < 4.78 is 26.1. The van der Waals surface area contributed by atoms with Gasteiger partial charge in [0.2, 0.25) is 0 Å². The summed E-state index contributed by atoms with van der Waals surface area (Å²) in [4.78, 5) is 0. The minimum atomic E-state index is -0.544. The molecule has 1 aromatic carbocycles. The lowest BCUT2D eigenvalue weighted by Crippen LogP contribution is -2.24. The average molecular weight is 241 g/mol. The summed E-state index contributed by atoms with van der Waals surface area (Å²) in [6, 6.07) is 3.62. The lowest BCUT2D eigenvalue weighted by Gasteiger charge is -2.25. The molecule has 3 heteroatoms. The van der Waals surface area contributed by atoms with E-state index in [9.17, 15) is 8.78 Å². The van der Waals surface area contributed by atoms with Gasteiger partial charge in [-0.1, -0.05) is 27.7 Å². The van der Waals surface area contributed by atoms with E-state index in [1.165, 1.54) is 12.1 Å². The van der Waals surface area contributed by atoms with Crippen LogP contribution >= 0.6 is 0 Å². The van der Waals surface area contributed by atoms with Crippen LogP contribution < -0.4 is 5.32 Å². The number of hydrogen-bond acceptors (Lipinski definition) is 1. The molecular formula is C14H21F2N. The summed E-state index contributed by atoms with van der Waals surface area (Å²) in [5.41, 5.74) is 0.373. The van der Waals surface area contributed by atoms with Gasteiger partial charge in [0.15, 0.2) is 0 Å². The molecule has 0 heterocycles. The number of halogens is 2. The van der Waals surface area contributed by atoms with Crippen molar-refractivity contribution in [3.05, 3.63) is 29.8 Å². The van der Waals surface area contributed by atoms with Crippen LogP contribution in [0.2, 0.25) is 0 Å². The Bertz CT molecular complexity index is 353. The summed E-state index contributed by atoms with van der Waals surface area (Å²) in [5.74, 6) is 0.463. The minimum absolute atomic E-state index is 0.373. The van der Waals surface area contributed by atoms with Crippen LogP contribution in [0.5, 0.6) is 0 Å².